The maximum Gasteiger partial charge on any atom is 0.274 e. The molecule has 25 heavy (non-hydrogen) atoms. The van der Waals surface area contributed by atoms with Crippen molar-refractivity contribution in [3.63, 3.8) is 0 Å². The Kier molecular flexibility index (Phi) is 5.60. The van der Waals surface area contributed by atoms with Crippen molar-refractivity contribution in [1.29, 1.82) is 0 Å². The summed E-state index contributed by atoms with van der Waals surface area (Å²) in [6.07, 6.45) is 2.83. The van der Waals surface area contributed by atoms with Gasteiger partial charge in [0.15, 0.2) is 0 Å². The molecule has 1 saturated heterocycles. The van der Waals surface area contributed by atoms with Gasteiger partial charge in [-0.25, -0.2) is 5.10 Å². The minimum absolute atomic E-state index is 0.0738. The average molecular weight is 341 g/mol. The highest BCUT2D eigenvalue weighted by atomic mass is 16.5. The molecule has 1 atom stereocenters. The first-order chi connectivity index (χ1) is 12.1. The number of H-pyrrole nitrogens is 1. The Morgan fingerprint density at radius 3 is 2.72 bits per heavy atom. The Hall–Kier alpha value is -2.47. The molecule has 0 aliphatic carbocycles. The number of rotatable bonds is 6. The van der Waals surface area contributed by atoms with Gasteiger partial charge < -0.3 is 9.64 Å². The van der Waals surface area contributed by atoms with Crippen molar-refractivity contribution >= 4 is 5.91 Å². The highest BCUT2D eigenvalue weighted by molar-refractivity contribution is 5.92. The molecular formula is C19H23N3O3. The number of benzene rings is 1. The molecule has 132 valence electrons. The van der Waals surface area contributed by atoms with Crippen LogP contribution in [0.5, 0.6) is 0 Å². The van der Waals surface area contributed by atoms with Crippen molar-refractivity contribution in [3.05, 3.63) is 63.6 Å². The molecule has 6 nitrogen and oxygen atoms in total. The molecule has 0 unspecified atom stereocenters. The van der Waals surface area contributed by atoms with E-state index in [-0.39, 0.29) is 23.3 Å². The third kappa shape index (κ3) is 4.76. The number of aromatic amines is 1. The molecule has 0 spiro atoms. The largest absolute Gasteiger partial charge is 0.376 e. The summed E-state index contributed by atoms with van der Waals surface area (Å²) in [5, 5.41) is 6.20. The zero-order valence-corrected chi connectivity index (χ0v) is 14.4. The van der Waals surface area contributed by atoms with Crippen molar-refractivity contribution < 1.29 is 9.53 Å². The van der Waals surface area contributed by atoms with Crippen LogP contribution in [-0.4, -0.2) is 46.8 Å². The molecule has 1 aliphatic rings. The molecule has 1 aromatic carbocycles. The topological polar surface area (TPSA) is 75.3 Å². The van der Waals surface area contributed by atoms with E-state index in [1.165, 1.54) is 23.3 Å². The summed E-state index contributed by atoms with van der Waals surface area (Å²) in [6.45, 7) is 3.94. The molecule has 1 fully saturated rings. The molecule has 2 heterocycles. The van der Waals surface area contributed by atoms with E-state index in [2.05, 4.69) is 41.4 Å². The summed E-state index contributed by atoms with van der Waals surface area (Å²) in [5.74, 6) is -0.182. The van der Waals surface area contributed by atoms with E-state index in [1.54, 1.807) is 4.90 Å². The van der Waals surface area contributed by atoms with Gasteiger partial charge in [-0.3, -0.25) is 9.59 Å². The third-order valence-electron chi connectivity index (χ3n) is 4.42. The molecule has 0 saturated carbocycles. The van der Waals surface area contributed by atoms with Crippen LogP contribution in [0.3, 0.4) is 0 Å². The van der Waals surface area contributed by atoms with E-state index in [9.17, 15) is 9.59 Å². The number of aryl methyl sites for hydroxylation is 1. The Morgan fingerprint density at radius 1 is 1.28 bits per heavy atom. The first kappa shape index (κ1) is 17.4. The smallest absolute Gasteiger partial charge is 0.274 e. The lowest BCUT2D eigenvalue weighted by atomic mass is 10.1. The zero-order chi connectivity index (χ0) is 17.6. The van der Waals surface area contributed by atoms with Crippen molar-refractivity contribution in [1.82, 2.24) is 15.1 Å². The Labute approximate surface area is 146 Å². The minimum Gasteiger partial charge on any atom is -0.376 e. The van der Waals surface area contributed by atoms with Gasteiger partial charge in [-0.15, -0.1) is 0 Å². The molecule has 1 aromatic heterocycles. The molecule has 3 rings (SSSR count). The van der Waals surface area contributed by atoms with E-state index in [0.717, 1.165) is 25.9 Å². The standard InChI is InChI=1S/C19H23N3O3/c1-14-4-6-15(7-5-14)10-11-22(13-16-3-2-12-25-16)19(24)17-8-9-18(23)21-20-17/h4-9,16H,2-3,10-13H2,1H3,(H,21,23)/t16-/m0/s1. The molecule has 0 bridgehead atoms. The first-order valence-electron chi connectivity index (χ1n) is 8.64. The van der Waals surface area contributed by atoms with E-state index >= 15 is 0 Å². The van der Waals surface area contributed by atoms with Crippen LogP contribution in [0, 0.1) is 6.92 Å². The molecule has 1 N–H and O–H groups in total. The summed E-state index contributed by atoms with van der Waals surface area (Å²) < 4.78 is 5.68. The molecule has 6 heteroatoms. The van der Waals surface area contributed by atoms with Crippen molar-refractivity contribution in [3.8, 4) is 0 Å². The van der Waals surface area contributed by atoms with E-state index in [1.807, 2.05) is 0 Å². The number of carbonyl (C=O) groups excluding carboxylic acids is 1. The summed E-state index contributed by atoms with van der Waals surface area (Å²) >= 11 is 0. The second-order valence-corrected chi connectivity index (χ2v) is 6.43. The van der Waals surface area contributed by atoms with Crippen LogP contribution in [0.1, 0.15) is 34.5 Å². The number of nitrogens with one attached hydrogen (secondary N) is 1. The normalized spacial score (nSPS) is 16.8. The van der Waals surface area contributed by atoms with Gasteiger partial charge in [-0.05, 0) is 37.8 Å². The zero-order valence-electron chi connectivity index (χ0n) is 14.4. The van der Waals surface area contributed by atoms with Gasteiger partial charge in [0.05, 0.1) is 6.10 Å². The van der Waals surface area contributed by atoms with Crippen LogP contribution in [0.25, 0.3) is 0 Å². The summed E-state index contributed by atoms with van der Waals surface area (Å²) in [5.41, 5.74) is 2.34. The van der Waals surface area contributed by atoms with Crippen LogP contribution in [0.15, 0.2) is 41.2 Å². The van der Waals surface area contributed by atoms with Gasteiger partial charge in [-0.1, -0.05) is 29.8 Å². The lowest BCUT2D eigenvalue weighted by Gasteiger charge is -2.25. The quantitative estimate of drug-likeness (QED) is 0.871. The fourth-order valence-electron chi connectivity index (χ4n) is 2.95. The number of amides is 1. The van der Waals surface area contributed by atoms with Crippen LogP contribution in [-0.2, 0) is 11.2 Å². The van der Waals surface area contributed by atoms with Gasteiger partial charge in [-0.2, -0.15) is 5.10 Å². The number of nitrogens with zero attached hydrogens (tertiary/aromatic N) is 2. The molecule has 2 aromatic rings. The second-order valence-electron chi connectivity index (χ2n) is 6.43. The summed E-state index contributed by atoms with van der Waals surface area (Å²) in [7, 11) is 0. The second kappa shape index (κ2) is 8.07. The van der Waals surface area contributed by atoms with Crippen LogP contribution in [0.4, 0.5) is 0 Å². The highest BCUT2D eigenvalue weighted by Gasteiger charge is 2.24. The third-order valence-corrected chi connectivity index (χ3v) is 4.42. The van der Waals surface area contributed by atoms with Crippen LogP contribution < -0.4 is 5.56 Å². The number of hydrogen-bond donors (Lipinski definition) is 1. The molecule has 0 radical (unpaired) electrons. The molecule has 1 aliphatic heterocycles. The van der Waals surface area contributed by atoms with E-state index in [4.69, 9.17) is 4.74 Å². The maximum atomic E-state index is 12.8. The minimum atomic E-state index is -0.318. The van der Waals surface area contributed by atoms with E-state index in [0.29, 0.717) is 13.1 Å². The van der Waals surface area contributed by atoms with Gasteiger partial charge in [0, 0.05) is 25.8 Å². The van der Waals surface area contributed by atoms with Crippen LogP contribution >= 0.6 is 0 Å². The number of carbonyl (C=O) groups is 1. The SMILES string of the molecule is Cc1ccc(CCN(C[C@@H]2CCCO2)C(=O)c2ccc(=O)[nH]n2)cc1. The number of hydrogen-bond acceptors (Lipinski definition) is 4. The average Bonchev–Trinajstić information content (AvgIpc) is 3.13. The first-order valence-corrected chi connectivity index (χ1v) is 8.64. The Morgan fingerprint density at radius 2 is 2.08 bits per heavy atom. The molecule has 1 amide bonds. The Balaban J connectivity index is 1.71. The lowest BCUT2D eigenvalue weighted by molar-refractivity contribution is 0.0523. The monoisotopic (exact) mass is 341 g/mol. The van der Waals surface area contributed by atoms with E-state index < -0.39 is 0 Å². The summed E-state index contributed by atoms with van der Waals surface area (Å²) in [4.78, 5) is 25.7. The van der Waals surface area contributed by atoms with Gasteiger partial charge in [0.25, 0.3) is 11.5 Å². The fourth-order valence-corrected chi connectivity index (χ4v) is 2.95. The van der Waals surface area contributed by atoms with Crippen LogP contribution in [0.2, 0.25) is 0 Å². The predicted molar refractivity (Wildman–Crippen MR) is 94.6 cm³/mol. The van der Waals surface area contributed by atoms with Crippen molar-refractivity contribution in [2.75, 3.05) is 19.7 Å². The number of ether oxygens (including phenoxy) is 1. The fraction of sp³-hybridized carbons (Fsp3) is 0.421. The van der Waals surface area contributed by atoms with Gasteiger partial charge >= 0.3 is 0 Å². The predicted octanol–water partition coefficient (Wildman–Crippen LogP) is 1.94. The van der Waals surface area contributed by atoms with Gasteiger partial charge in [0.2, 0.25) is 0 Å². The van der Waals surface area contributed by atoms with Crippen molar-refractivity contribution in [2.45, 2.75) is 32.3 Å². The number of aromatic nitrogens is 2. The Bertz CT molecular complexity index is 744. The van der Waals surface area contributed by atoms with Gasteiger partial charge in [0.1, 0.15) is 5.69 Å². The maximum absolute atomic E-state index is 12.8. The lowest BCUT2D eigenvalue weighted by Crippen LogP contribution is -2.39. The van der Waals surface area contributed by atoms with Crippen molar-refractivity contribution in [2.24, 2.45) is 0 Å². The molecular weight excluding hydrogens is 318 g/mol. The highest BCUT2D eigenvalue weighted by Crippen LogP contribution is 2.15. The summed E-state index contributed by atoms with van der Waals surface area (Å²) in [6, 6.07) is 11.1.